The predicted octanol–water partition coefficient (Wildman–Crippen LogP) is 1.76. The minimum Gasteiger partial charge on any atom is -0.258 e. The normalized spacial score (nSPS) is 12.5. The fraction of sp³-hybridized carbons (Fsp3) is 0.300. The average Bonchev–Trinajstić information content (AvgIpc) is 2.69. The molecule has 92 valence electrons. The molecule has 0 spiro atoms. The molecule has 2 aromatic heterocycles. The summed E-state index contributed by atoms with van der Waals surface area (Å²) in [6.07, 6.45) is 3.21. The summed E-state index contributed by atoms with van der Waals surface area (Å²) < 4.78 is 27.4. The summed E-state index contributed by atoms with van der Waals surface area (Å²) >= 11 is 3.36. The van der Waals surface area contributed by atoms with Crippen molar-refractivity contribution in [1.82, 2.24) is 13.3 Å². The van der Waals surface area contributed by atoms with Crippen molar-refractivity contribution < 1.29 is 8.42 Å². The zero-order valence-electron chi connectivity index (χ0n) is 9.68. The molecule has 0 bridgehead atoms. The van der Waals surface area contributed by atoms with Crippen molar-refractivity contribution in [2.24, 2.45) is 0 Å². The highest BCUT2D eigenvalue weighted by Crippen LogP contribution is 2.27. The first kappa shape index (κ1) is 12.5. The summed E-state index contributed by atoms with van der Waals surface area (Å²) in [5, 5.41) is 0.836. The van der Waals surface area contributed by atoms with E-state index in [1.807, 2.05) is 0 Å². The molecule has 0 saturated carbocycles. The van der Waals surface area contributed by atoms with Crippen LogP contribution in [0.25, 0.3) is 10.9 Å². The maximum atomic E-state index is 12.1. The average molecular weight is 318 g/mol. The van der Waals surface area contributed by atoms with E-state index in [1.165, 1.54) is 22.4 Å². The van der Waals surface area contributed by atoms with Gasteiger partial charge in [-0.05, 0) is 28.9 Å². The summed E-state index contributed by atoms with van der Waals surface area (Å²) in [6, 6.07) is 1.76. The van der Waals surface area contributed by atoms with Crippen molar-refractivity contribution in [1.29, 1.82) is 0 Å². The summed E-state index contributed by atoms with van der Waals surface area (Å²) in [5.74, 6) is 0. The van der Waals surface area contributed by atoms with Crippen LogP contribution in [0.15, 0.2) is 22.9 Å². The van der Waals surface area contributed by atoms with E-state index >= 15 is 0 Å². The standard InChI is InChI=1S/C10H12BrN3O2S/c1-7-10-8(9(11)6-12-7)4-5-14(10)17(15,16)13(2)3/h4-6H,1-3H3. The number of halogens is 1. The number of aromatic nitrogens is 2. The Morgan fingerprint density at radius 2 is 2.06 bits per heavy atom. The van der Waals surface area contributed by atoms with E-state index in [9.17, 15) is 8.42 Å². The second-order valence-corrected chi connectivity index (χ2v) is 6.73. The van der Waals surface area contributed by atoms with Crippen molar-refractivity contribution in [2.75, 3.05) is 14.1 Å². The van der Waals surface area contributed by atoms with E-state index in [1.54, 1.807) is 25.4 Å². The highest BCUT2D eigenvalue weighted by atomic mass is 79.9. The third kappa shape index (κ3) is 1.88. The van der Waals surface area contributed by atoms with Crippen molar-refractivity contribution in [3.05, 3.63) is 28.6 Å². The molecule has 17 heavy (non-hydrogen) atoms. The lowest BCUT2D eigenvalue weighted by Crippen LogP contribution is -2.28. The molecule has 7 heteroatoms. The van der Waals surface area contributed by atoms with Gasteiger partial charge in [-0.2, -0.15) is 12.7 Å². The molecule has 0 unspecified atom stereocenters. The minimum absolute atomic E-state index is 0.605. The monoisotopic (exact) mass is 317 g/mol. The number of pyridine rings is 1. The zero-order chi connectivity index (χ0) is 12.8. The lowest BCUT2D eigenvalue weighted by atomic mass is 10.3. The Kier molecular flexibility index (Phi) is 3.01. The first-order valence-electron chi connectivity index (χ1n) is 4.91. The first-order chi connectivity index (χ1) is 7.85. The van der Waals surface area contributed by atoms with E-state index < -0.39 is 10.2 Å². The van der Waals surface area contributed by atoms with Crippen LogP contribution in [0.2, 0.25) is 0 Å². The van der Waals surface area contributed by atoms with E-state index in [4.69, 9.17) is 0 Å². The van der Waals surface area contributed by atoms with Gasteiger partial charge in [0.15, 0.2) is 0 Å². The molecular weight excluding hydrogens is 306 g/mol. The van der Waals surface area contributed by atoms with Gasteiger partial charge in [0.25, 0.3) is 0 Å². The fourth-order valence-corrected chi connectivity index (χ4v) is 3.06. The van der Waals surface area contributed by atoms with E-state index in [0.717, 1.165) is 9.86 Å². The molecule has 2 rings (SSSR count). The first-order valence-corrected chi connectivity index (χ1v) is 7.10. The molecule has 0 aliphatic carbocycles. The SMILES string of the molecule is Cc1ncc(Br)c2ccn(S(=O)(=O)N(C)C)c12. The molecular formula is C10H12BrN3O2S. The van der Waals surface area contributed by atoms with Crippen LogP contribution in [0.3, 0.4) is 0 Å². The maximum absolute atomic E-state index is 12.1. The van der Waals surface area contributed by atoms with Crippen LogP contribution in [0.5, 0.6) is 0 Å². The van der Waals surface area contributed by atoms with Crippen LogP contribution in [0.1, 0.15) is 5.69 Å². The van der Waals surface area contributed by atoms with Gasteiger partial charge >= 0.3 is 10.2 Å². The molecule has 0 saturated heterocycles. The van der Waals surface area contributed by atoms with Gasteiger partial charge < -0.3 is 0 Å². The molecule has 0 radical (unpaired) electrons. The minimum atomic E-state index is -3.51. The quantitative estimate of drug-likeness (QED) is 0.848. The highest BCUT2D eigenvalue weighted by molar-refractivity contribution is 9.10. The van der Waals surface area contributed by atoms with E-state index in [-0.39, 0.29) is 0 Å². The second kappa shape index (κ2) is 4.08. The van der Waals surface area contributed by atoms with Crippen LogP contribution in [0, 0.1) is 6.92 Å². The Morgan fingerprint density at radius 1 is 1.41 bits per heavy atom. The van der Waals surface area contributed by atoms with Crippen LogP contribution in [-0.4, -0.2) is 35.8 Å². The van der Waals surface area contributed by atoms with Gasteiger partial charge in [0.2, 0.25) is 0 Å². The van der Waals surface area contributed by atoms with Gasteiger partial charge in [0.05, 0.1) is 11.2 Å². The van der Waals surface area contributed by atoms with Crippen LogP contribution in [0.4, 0.5) is 0 Å². The Labute approximate surface area is 108 Å². The largest absolute Gasteiger partial charge is 0.307 e. The van der Waals surface area contributed by atoms with Crippen LogP contribution < -0.4 is 0 Å². The lowest BCUT2D eigenvalue weighted by molar-refractivity contribution is 0.512. The lowest BCUT2D eigenvalue weighted by Gasteiger charge is -2.14. The zero-order valence-corrected chi connectivity index (χ0v) is 12.1. The van der Waals surface area contributed by atoms with Gasteiger partial charge in [0.1, 0.15) is 0 Å². The molecule has 2 aromatic rings. The summed E-state index contributed by atoms with van der Waals surface area (Å²) in [6.45, 7) is 1.79. The van der Waals surface area contributed by atoms with Crippen molar-refractivity contribution in [3.8, 4) is 0 Å². The molecule has 0 fully saturated rings. The topological polar surface area (TPSA) is 55.2 Å². The number of fused-ring (bicyclic) bond motifs is 1. The van der Waals surface area contributed by atoms with Crippen LogP contribution >= 0.6 is 15.9 Å². The molecule has 0 aliphatic heterocycles. The third-order valence-corrected chi connectivity index (χ3v) is 4.89. The second-order valence-electron chi connectivity index (χ2n) is 3.86. The predicted molar refractivity (Wildman–Crippen MR) is 70.2 cm³/mol. The Balaban J connectivity index is 2.87. The Bertz CT molecular complexity index is 676. The maximum Gasteiger partial charge on any atom is 0.307 e. The molecule has 0 atom stereocenters. The molecule has 5 nitrogen and oxygen atoms in total. The number of hydrogen-bond donors (Lipinski definition) is 0. The van der Waals surface area contributed by atoms with E-state index in [2.05, 4.69) is 20.9 Å². The number of nitrogens with zero attached hydrogens (tertiary/aromatic N) is 3. The van der Waals surface area contributed by atoms with Gasteiger partial charge in [-0.3, -0.25) is 4.98 Å². The summed E-state index contributed by atoms with van der Waals surface area (Å²) in [4.78, 5) is 4.16. The fourth-order valence-electron chi connectivity index (χ4n) is 1.61. The van der Waals surface area contributed by atoms with Crippen molar-refractivity contribution >= 4 is 37.0 Å². The molecule has 2 heterocycles. The number of aryl methyl sites for hydroxylation is 1. The van der Waals surface area contributed by atoms with Crippen molar-refractivity contribution in [2.45, 2.75) is 6.92 Å². The Morgan fingerprint density at radius 3 is 2.65 bits per heavy atom. The van der Waals surface area contributed by atoms with Gasteiger partial charge in [-0.25, -0.2) is 3.97 Å². The van der Waals surface area contributed by atoms with E-state index in [0.29, 0.717) is 11.2 Å². The summed E-state index contributed by atoms with van der Waals surface area (Å²) in [7, 11) is -0.506. The smallest absolute Gasteiger partial charge is 0.258 e. The van der Waals surface area contributed by atoms with Crippen LogP contribution in [-0.2, 0) is 10.2 Å². The van der Waals surface area contributed by atoms with Gasteiger partial charge in [-0.15, -0.1) is 0 Å². The van der Waals surface area contributed by atoms with Gasteiger partial charge in [0, 0.05) is 36.3 Å². The highest BCUT2D eigenvalue weighted by Gasteiger charge is 2.20. The molecule has 0 aliphatic rings. The third-order valence-electron chi connectivity index (χ3n) is 2.53. The van der Waals surface area contributed by atoms with Crippen molar-refractivity contribution in [3.63, 3.8) is 0 Å². The molecule has 0 amide bonds. The molecule has 0 N–H and O–H groups in total. The number of rotatable bonds is 2. The summed E-state index contributed by atoms with van der Waals surface area (Å²) in [5.41, 5.74) is 1.28. The Hall–Kier alpha value is -0.920. The number of hydrogen-bond acceptors (Lipinski definition) is 3. The molecule has 0 aromatic carbocycles. The van der Waals surface area contributed by atoms with Gasteiger partial charge in [-0.1, -0.05) is 0 Å².